The number of likely N-dealkylation sites (N-methyl/N-ethyl adjacent to an activating group) is 1. The van der Waals surface area contributed by atoms with Crippen LogP contribution >= 0.6 is 0 Å². The van der Waals surface area contributed by atoms with E-state index in [2.05, 4.69) is 37.4 Å². The minimum Gasteiger partial charge on any atom is -0.497 e. The Morgan fingerprint density at radius 1 is 0.900 bits per heavy atom. The fourth-order valence-corrected chi connectivity index (χ4v) is 5.66. The molecule has 2 aromatic carbocycles. The summed E-state index contributed by atoms with van der Waals surface area (Å²) in [7, 11) is 1.61. The van der Waals surface area contributed by atoms with Crippen molar-refractivity contribution in [2.45, 2.75) is 47.0 Å². The van der Waals surface area contributed by atoms with Gasteiger partial charge in [0.2, 0.25) is 0 Å². The molecule has 2 aromatic heterocycles. The van der Waals surface area contributed by atoms with Gasteiger partial charge < -0.3 is 29.7 Å². The van der Waals surface area contributed by atoms with Gasteiger partial charge in [-0.25, -0.2) is 19.7 Å². The molecule has 0 bridgehead atoms. The normalized spacial score (nSPS) is 13.9. The molecule has 50 heavy (non-hydrogen) atoms. The van der Waals surface area contributed by atoms with E-state index in [9.17, 15) is 18.0 Å². The van der Waals surface area contributed by atoms with Gasteiger partial charge in [-0.15, -0.1) is 0 Å². The lowest BCUT2D eigenvalue weighted by Crippen LogP contribution is -2.45. The van der Waals surface area contributed by atoms with Crippen molar-refractivity contribution in [1.82, 2.24) is 24.8 Å². The molecule has 1 aliphatic rings. The summed E-state index contributed by atoms with van der Waals surface area (Å²) in [6, 6.07) is 12.4. The van der Waals surface area contributed by atoms with E-state index in [1.54, 1.807) is 33.2 Å². The van der Waals surface area contributed by atoms with Gasteiger partial charge in [-0.3, -0.25) is 4.90 Å². The van der Waals surface area contributed by atoms with Crippen molar-refractivity contribution >= 4 is 17.4 Å². The molecular formula is C36H42F3N7O4. The van der Waals surface area contributed by atoms with Gasteiger partial charge in [0, 0.05) is 50.2 Å². The van der Waals surface area contributed by atoms with E-state index in [-0.39, 0.29) is 24.4 Å². The van der Waals surface area contributed by atoms with Crippen molar-refractivity contribution in [1.29, 1.82) is 0 Å². The number of aromatic nitrogens is 3. The van der Waals surface area contributed by atoms with Gasteiger partial charge in [0.25, 0.3) is 5.88 Å². The number of urea groups is 1. The van der Waals surface area contributed by atoms with Crippen LogP contribution in [0.1, 0.15) is 41.9 Å². The molecule has 0 saturated carbocycles. The van der Waals surface area contributed by atoms with Crippen LogP contribution in [0, 0.1) is 13.8 Å². The van der Waals surface area contributed by atoms with Crippen LogP contribution in [-0.2, 0) is 19.3 Å². The molecule has 2 amide bonds. The number of nitrogens with one attached hydrogen (secondary N) is 2. The van der Waals surface area contributed by atoms with E-state index in [4.69, 9.17) is 14.2 Å². The van der Waals surface area contributed by atoms with Gasteiger partial charge >= 0.3 is 12.2 Å². The highest BCUT2D eigenvalue weighted by atomic mass is 19.4. The Morgan fingerprint density at radius 2 is 1.58 bits per heavy atom. The Kier molecular flexibility index (Phi) is 11.8. The summed E-state index contributed by atoms with van der Waals surface area (Å²) >= 11 is 0. The standard InChI is InChI=1S/C36H42F3N7O4/c1-6-45-14-16-46(17-15-45)21-26-10-11-28(19-30(26)36(37,38)39)43-35(47)44-32-23(3)41-33(42-24(32)4)27-18-31(49-7-2)34(40-20-27)50-22-25-8-12-29(48-5)13-9-25/h8-13,18-20H,6-7,14-17,21-22H2,1-5H3,(H2,43,44,47). The zero-order chi connectivity index (χ0) is 35.8. The van der Waals surface area contributed by atoms with Gasteiger partial charge in [0.15, 0.2) is 11.6 Å². The highest BCUT2D eigenvalue weighted by molar-refractivity contribution is 6.00. The Labute approximate surface area is 289 Å². The topological polar surface area (TPSA) is 114 Å². The number of anilines is 2. The third kappa shape index (κ3) is 9.18. The van der Waals surface area contributed by atoms with Crippen molar-refractivity contribution in [3.8, 4) is 28.8 Å². The van der Waals surface area contributed by atoms with Crippen LogP contribution in [0.15, 0.2) is 54.7 Å². The molecule has 14 heteroatoms. The summed E-state index contributed by atoms with van der Waals surface area (Å²) in [6.45, 7) is 12.1. The minimum atomic E-state index is -4.58. The second kappa shape index (κ2) is 16.2. The zero-order valence-corrected chi connectivity index (χ0v) is 28.9. The van der Waals surface area contributed by atoms with Crippen LogP contribution < -0.4 is 24.8 Å². The number of amides is 2. The highest BCUT2D eigenvalue weighted by Crippen LogP contribution is 2.35. The summed E-state index contributed by atoms with van der Waals surface area (Å²) in [4.78, 5) is 30.9. The molecule has 11 nitrogen and oxygen atoms in total. The number of hydrogen-bond donors (Lipinski definition) is 2. The molecule has 4 aromatic rings. The molecule has 0 aliphatic carbocycles. The Bertz CT molecular complexity index is 1760. The zero-order valence-electron chi connectivity index (χ0n) is 28.9. The van der Waals surface area contributed by atoms with Crippen LogP contribution in [0.5, 0.6) is 17.4 Å². The minimum absolute atomic E-state index is 0.0195. The third-order valence-electron chi connectivity index (χ3n) is 8.40. The fourth-order valence-electron chi connectivity index (χ4n) is 5.66. The summed E-state index contributed by atoms with van der Waals surface area (Å²) in [5.74, 6) is 1.83. The number of methoxy groups -OCH3 is 1. The molecule has 266 valence electrons. The number of pyridine rings is 1. The lowest BCUT2D eigenvalue weighted by atomic mass is 10.0. The number of carbonyl (C=O) groups is 1. The second-order valence-electron chi connectivity index (χ2n) is 11.8. The number of carbonyl (C=O) groups excluding carboxylic acids is 1. The number of rotatable bonds is 12. The van der Waals surface area contributed by atoms with Crippen LogP contribution in [0.2, 0.25) is 0 Å². The summed E-state index contributed by atoms with van der Waals surface area (Å²) < 4.78 is 59.2. The molecule has 1 fully saturated rings. The molecule has 0 unspecified atom stereocenters. The quantitative estimate of drug-likeness (QED) is 0.163. The molecule has 0 spiro atoms. The van der Waals surface area contributed by atoms with Crippen molar-refractivity contribution in [2.75, 3.05) is 57.1 Å². The molecular weight excluding hydrogens is 651 g/mol. The first-order valence-corrected chi connectivity index (χ1v) is 16.4. The first-order chi connectivity index (χ1) is 24.0. The van der Waals surface area contributed by atoms with Crippen molar-refractivity contribution in [2.24, 2.45) is 0 Å². The van der Waals surface area contributed by atoms with Crippen LogP contribution in [0.3, 0.4) is 0 Å². The molecule has 0 radical (unpaired) electrons. The van der Waals surface area contributed by atoms with E-state index >= 15 is 0 Å². The first kappa shape index (κ1) is 36.3. The summed E-state index contributed by atoms with van der Waals surface area (Å²) in [5, 5.41) is 5.23. The van der Waals surface area contributed by atoms with Crippen molar-refractivity contribution < 1.29 is 32.2 Å². The number of aryl methyl sites for hydroxylation is 2. The number of hydrogen-bond acceptors (Lipinski definition) is 9. The summed E-state index contributed by atoms with van der Waals surface area (Å²) in [6.07, 6.45) is -3.00. The average molecular weight is 694 g/mol. The maximum atomic E-state index is 14.1. The predicted octanol–water partition coefficient (Wildman–Crippen LogP) is 6.94. The number of alkyl halides is 3. The van der Waals surface area contributed by atoms with Crippen LogP contribution in [-0.4, -0.2) is 77.2 Å². The summed E-state index contributed by atoms with van der Waals surface area (Å²) in [5.41, 5.74) is 2.15. The van der Waals surface area contributed by atoms with Gasteiger partial charge in [-0.05, 0) is 68.8 Å². The molecule has 1 saturated heterocycles. The second-order valence-corrected chi connectivity index (χ2v) is 11.8. The lowest BCUT2D eigenvalue weighted by Gasteiger charge is -2.34. The van der Waals surface area contributed by atoms with Gasteiger partial charge in [0.1, 0.15) is 12.4 Å². The van der Waals surface area contributed by atoms with Crippen molar-refractivity contribution in [3.05, 3.63) is 82.8 Å². The van der Waals surface area contributed by atoms with Crippen molar-refractivity contribution in [3.63, 3.8) is 0 Å². The largest absolute Gasteiger partial charge is 0.497 e. The molecule has 1 aliphatic heterocycles. The maximum Gasteiger partial charge on any atom is 0.416 e. The smallest absolute Gasteiger partial charge is 0.416 e. The third-order valence-corrected chi connectivity index (χ3v) is 8.40. The molecule has 5 rings (SSSR count). The van der Waals surface area contributed by atoms with E-state index in [1.165, 1.54) is 12.1 Å². The van der Waals surface area contributed by atoms with Crippen LogP contribution in [0.25, 0.3) is 11.4 Å². The van der Waals surface area contributed by atoms with Gasteiger partial charge in [-0.2, -0.15) is 13.2 Å². The number of ether oxygens (including phenoxy) is 3. The SMILES string of the molecule is CCOc1cc(-c2nc(C)c(NC(=O)Nc3ccc(CN4CCN(CC)CC4)c(C(F)(F)F)c3)c(C)n2)cnc1OCc1ccc(OC)cc1. The average Bonchev–Trinajstić information content (AvgIpc) is 3.10. The number of nitrogens with zero attached hydrogens (tertiary/aromatic N) is 5. The van der Waals surface area contributed by atoms with E-state index < -0.39 is 17.8 Å². The first-order valence-electron chi connectivity index (χ1n) is 16.4. The van der Waals surface area contributed by atoms with Gasteiger partial charge in [-0.1, -0.05) is 25.1 Å². The van der Waals surface area contributed by atoms with E-state index in [0.717, 1.165) is 37.0 Å². The monoisotopic (exact) mass is 693 g/mol. The number of halogens is 3. The predicted molar refractivity (Wildman–Crippen MR) is 185 cm³/mol. The maximum absolute atomic E-state index is 14.1. The Morgan fingerprint density at radius 3 is 2.20 bits per heavy atom. The Hall–Kier alpha value is -4.95. The fraction of sp³-hybridized carbons (Fsp3) is 0.389. The molecule has 0 atom stereocenters. The molecule has 3 heterocycles. The lowest BCUT2D eigenvalue weighted by molar-refractivity contribution is -0.138. The van der Waals surface area contributed by atoms with E-state index in [0.29, 0.717) is 59.8 Å². The number of piperazine rings is 1. The molecule has 2 N–H and O–H groups in total. The number of benzene rings is 2. The highest BCUT2D eigenvalue weighted by Gasteiger charge is 2.34. The van der Waals surface area contributed by atoms with Gasteiger partial charge in [0.05, 0.1) is 36.4 Å². The Balaban J connectivity index is 1.27. The van der Waals surface area contributed by atoms with E-state index in [1.807, 2.05) is 36.1 Å². The van der Waals surface area contributed by atoms with Crippen LogP contribution in [0.4, 0.5) is 29.3 Å².